The monoisotopic (exact) mass is 320 g/mol. The Kier molecular flexibility index (Phi) is 3.35. The zero-order chi connectivity index (χ0) is 16.8. The van der Waals surface area contributed by atoms with Gasteiger partial charge in [0.2, 0.25) is 0 Å². The predicted molar refractivity (Wildman–Crippen MR) is 77.8 cm³/mol. The third-order valence-corrected chi connectivity index (χ3v) is 3.86. The van der Waals surface area contributed by atoms with E-state index in [1.165, 1.54) is 6.07 Å². The maximum atomic E-state index is 13.0. The summed E-state index contributed by atoms with van der Waals surface area (Å²) in [7, 11) is 0. The molecule has 118 valence electrons. The molecule has 2 N–H and O–H groups in total. The summed E-state index contributed by atoms with van der Waals surface area (Å²) in [6, 6.07) is 11.4. The lowest BCUT2D eigenvalue weighted by atomic mass is 9.90. The molecule has 3 rings (SSSR count). The maximum Gasteiger partial charge on any atom is 0.416 e. The minimum atomic E-state index is -4.53. The van der Waals surface area contributed by atoms with Crippen molar-refractivity contribution in [3.05, 3.63) is 86.6 Å². The third-order valence-electron chi connectivity index (χ3n) is 3.86. The highest BCUT2D eigenvalue weighted by Gasteiger charge is 2.41. The van der Waals surface area contributed by atoms with Gasteiger partial charge in [0.05, 0.1) is 10.5 Å². The van der Waals surface area contributed by atoms with Crippen LogP contribution in [0.3, 0.4) is 0 Å². The highest BCUT2D eigenvalue weighted by atomic mass is 19.4. The van der Waals surface area contributed by atoms with E-state index in [0.717, 1.165) is 12.1 Å². The van der Waals surface area contributed by atoms with Gasteiger partial charge < -0.3 is 5.73 Å². The summed E-state index contributed by atoms with van der Waals surface area (Å²) < 4.78 is 38.9. The Bertz CT molecular complexity index is 814. The van der Waals surface area contributed by atoms with Gasteiger partial charge in [0.25, 0.3) is 5.70 Å². The van der Waals surface area contributed by atoms with Crippen molar-refractivity contribution in [1.29, 1.82) is 0 Å². The zero-order valence-corrected chi connectivity index (χ0v) is 11.7. The van der Waals surface area contributed by atoms with Gasteiger partial charge in [-0.1, -0.05) is 36.4 Å². The number of rotatable bonds is 2. The van der Waals surface area contributed by atoms with E-state index in [2.05, 4.69) is 0 Å². The largest absolute Gasteiger partial charge is 0.416 e. The lowest BCUT2D eigenvalue weighted by molar-refractivity contribution is -0.427. The first-order chi connectivity index (χ1) is 10.8. The first-order valence-electron chi connectivity index (χ1n) is 6.71. The average Bonchev–Trinajstić information content (AvgIpc) is 2.80. The number of nitrogens with two attached hydrogens (primary N) is 1. The molecule has 1 atom stereocenters. The molecule has 0 saturated carbocycles. The second-order valence-electron chi connectivity index (χ2n) is 5.20. The van der Waals surface area contributed by atoms with Gasteiger partial charge in [-0.15, -0.1) is 0 Å². The smallest absolute Gasteiger partial charge is 0.393 e. The Balaban J connectivity index is 2.24. The number of hydrogen-bond donors (Lipinski definition) is 1. The molecule has 23 heavy (non-hydrogen) atoms. The molecule has 0 amide bonds. The molecule has 1 aliphatic carbocycles. The van der Waals surface area contributed by atoms with E-state index >= 15 is 0 Å². The van der Waals surface area contributed by atoms with Gasteiger partial charge in [0.15, 0.2) is 0 Å². The Hall–Kier alpha value is -2.83. The van der Waals surface area contributed by atoms with Crippen molar-refractivity contribution in [2.24, 2.45) is 5.73 Å². The zero-order valence-electron chi connectivity index (χ0n) is 11.7. The molecule has 0 radical (unpaired) electrons. The number of fused-ring (bicyclic) bond motifs is 1. The predicted octanol–water partition coefficient (Wildman–Crippen LogP) is 3.75. The molecule has 0 bridgehead atoms. The van der Waals surface area contributed by atoms with Crippen LogP contribution in [0.15, 0.2) is 54.2 Å². The number of alkyl halides is 3. The molecular formula is C16H11F3N2O2. The van der Waals surface area contributed by atoms with Crippen LogP contribution in [0, 0.1) is 10.1 Å². The second-order valence-corrected chi connectivity index (χ2v) is 5.20. The van der Waals surface area contributed by atoms with E-state index < -0.39 is 22.6 Å². The lowest BCUT2D eigenvalue weighted by Crippen LogP contribution is -2.11. The summed E-state index contributed by atoms with van der Waals surface area (Å²) in [6.07, 6.45) is -4.53. The topological polar surface area (TPSA) is 69.2 Å². The fourth-order valence-electron chi connectivity index (χ4n) is 2.85. The number of nitro groups is 1. The molecule has 0 heterocycles. The summed E-state index contributed by atoms with van der Waals surface area (Å²) in [5.41, 5.74) is 5.61. The van der Waals surface area contributed by atoms with Crippen LogP contribution in [-0.2, 0) is 6.18 Å². The number of allylic oxidation sites excluding steroid dienone is 1. The molecule has 0 aromatic heterocycles. The van der Waals surface area contributed by atoms with E-state index in [0.29, 0.717) is 5.56 Å². The van der Waals surface area contributed by atoms with Crippen molar-refractivity contribution < 1.29 is 18.1 Å². The van der Waals surface area contributed by atoms with Gasteiger partial charge in [0.1, 0.15) is 11.6 Å². The van der Waals surface area contributed by atoms with Crippen LogP contribution in [0.5, 0.6) is 0 Å². The standard InChI is InChI=1S/C16H11F3N2O2/c17-16(18,19)10-6-7-11-12(8-10)13(9-4-2-1-3-5-9)15(14(11)20)21(22)23/h1-8,13H,20H2. The van der Waals surface area contributed by atoms with Crippen LogP contribution in [0.4, 0.5) is 13.2 Å². The molecule has 2 aromatic rings. The fourth-order valence-corrected chi connectivity index (χ4v) is 2.85. The molecule has 1 aliphatic rings. The summed E-state index contributed by atoms with van der Waals surface area (Å²) in [5, 5.41) is 11.4. The SMILES string of the molecule is NC1=C([N+](=O)[O-])C(c2ccccc2)c2cc(C(F)(F)F)ccc21. The number of halogens is 3. The third kappa shape index (κ3) is 2.44. The van der Waals surface area contributed by atoms with Gasteiger partial charge in [0, 0.05) is 5.56 Å². The number of nitrogens with zero attached hydrogens (tertiary/aromatic N) is 1. The molecule has 1 unspecified atom stereocenters. The van der Waals surface area contributed by atoms with Crippen LogP contribution in [0.25, 0.3) is 5.70 Å². The minimum absolute atomic E-state index is 0.0902. The second kappa shape index (κ2) is 5.12. The highest BCUT2D eigenvalue weighted by Crippen LogP contribution is 2.45. The summed E-state index contributed by atoms with van der Waals surface area (Å²) in [6.45, 7) is 0. The van der Waals surface area contributed by atoms with Gasteiger partial charge in [-0.2, -0.15) is 13.2 Å². The van der Waals surface area contributed by atoms with Crippen molar-refractivity contribution in [3.8, 4) is 0 Å². The van der Waals surface area contributed by atoms with Crippen LogP contribution in [0.2, 0.25) is 0 Å². The van der Waals surface area contributed by atoms with Crippen LogP contribution < -0.4 is 5.73 Å². The van der Waals surface area contributed by atoms with Gasteiger partial charge in [-0.3, -0.25) is 10.1 Å². The molecular weight excluding hydrogens is 309 g/mol. The lowest BCUT2D eigenvalue weighted by Gasteiger charge is -2.14. The van der Waals surface area contributed by atoms with Crippen LogP contribution >= 0.6 is 0 Å². The first-order valence-corrected chi connectivity index (χ1v) is 6.71. The summed E-state index contributed by atoms with van der Waals surface area (Å²) >= 11 is 0. The van der Waals surface area contributed by atoms with E-state index in [9.17, 15) is 23.3 Å². The average molecular weight is 320 g/mol. The number of benzene rings is 2. The Labute approximate surface area is 129 Å². The van der Waals surface area contributed by atoms with Crippen molar-refractivity contribution in [1.82, 2.24) is 0 Å². The Morgan fingerprint density at radius 3 is 2.30 bits per heavy atom. The van der Waals surface area contributed by atoms with Crippen LogP contribution in [-0.4, -0.2) is 4.92 Å². The summed E-state index contributed by atoms with van der Waals surface area (Å²) in [4.78, 5) is 10.8. The van der Waals surface area contributed by atoms with E-state index in [-0.39, 0.29) is 22.5 Å². The Morgan fingerprint density at radius 1 is 1.09 bits per heavy atom. The minimum Gasteiger partial charge on any atom is -0.393 e. The van der Waals surface area contributed by atoms with Crippen molar-refractivity contribution in [2.75, 3.05) is 0 Å². The normalized spacial score (nSPS) is 17.3. The molecule has 4 nitrogen and oxygen atoms in total. The first kappa shape index (κ1) is 15.1. The quantitative estimate of drug-likeness (QED) is 0.676. The van der Waals surface area contributed by atoms with E-state index in [4.69, 9.17) is 5.73 Å². The fraction of sp³-hybridized carbons (Fsp3) is 0.125. The van der Waals surface area contributed by atoms with Gasteiger partial charge in [-0.05, 0) is 23.3 Å². The molecule has 0 spiro atoms. The van der Waals surface area contributed by atoms with Gasteiger partial charge >= 0.3 is 6.18 Å². The molecule has 0 fully saturated rings. The van der Waals surface area contributed by atoms with Crippen LogP contribution in [0.1, 0.15) is 28.2 Å². The van der Waals surface area contributed by atoms with Crippen molar-refractivity contribution in [2.45, 2.75) is 12.1 Å². The molecule has 0 aliphatic heterocycles. The van der Waals surface area contributed by atoms with E-state index in [1.807, 2.05) is 0 Å². The molecule has 2 aromatic carbocycles. The van der Waals surface area contributed by atoms with E-state index in [1.54, 1.807) is 30.3 Å². The van der Waals surface area contributed by atoms with Crippen molar-refractivity contribution in [3.63, 3.8) is 0 Å². The highest BCUT2D eigenvalue weighted by molar-refractivity contribution is 5.77. The van der Waals surface area contributed by atoms with Crippen molar-refractivity contribution >= 4 is 5.70 Å². The molecule has 0 saturated heterocycles. The number of hydrogen-bond acceptors (Lipinski definition) is 3. The maximum absolute atomic E-state index is 13.0. The van der Waals surface area contributed by atoms with Gasteiger partial charge in [-0.25, -0.2) is 0 Å². The molecule has 7 heteroatoms. The summed E-state index contributed by atoms with van der Waals surface area (Å²) in [5.74, 6) is -0.913. The Morgan fingerprint density at radius 2 is 1.74 bits per heavy atom.